The summed E-state index contributed by atoms with van der Waals surface area (Å²) in [4.78, 5) is 23.7. The Morgan fingerprint density at radius 1 is 1.25 bits per heavy atom. The van der Waals surface area contributed by atoms with Crippen molar-refractivity contribution < 1.29 is 14.3 Å². The maximum atomic E-state index is 12.2. The van der Waals surface area contributed by atoms with E-state index in [1.807, 2.05) is 0 Å². The van der Waals surface area contributed by atoms with E-state index in [2.05, 4.69) is 10.1 Å². The first kappa shape index (κ1) is 14.4. The van der Waals surface area contributed by atoms with Crippen LogP contribution in [0.25, 0.3) is 0 Å². The van der Waals surface area contributed by atoms with Crippen LogP contribution in [0, 0.1) is 5.92 Å². The van der Waals surface area contributed by atoms with Crippen LogP contribution >= 0.6 is 0 Å². The van der Waals surface area contributed by atoms with E-state index in [1.165, 1.54) is 13.5 Å². The topological polar surface area (TPSA) is 81.4 Å². The van der Waals surface area contributed by atoms with Crippen LogP contribution in [0.4, 0.5) is 11.4 Å². The van der Waals surface area contributed by atoms with Crippen LogP contribution in [0.3, 0.4) is 0 Å². The number of nitrogens with one attached hydrogen (secondary N) is 1. The van der Waals surface area contributed by atoms with Gasteiger partial charge in [0.15, 0.2) is 0 Å². The zero-order valence-electron chi connectivity index (χ0n) is 11.6. The Labute approximate surface area is 118 Å². The number of amides is 1. The van der Waals surface area contributed by atoms with E-state index in [4.69, 9.17) is 5.73 Å². The highest BCUT2D eigenvalue weighted by Crippen LogP contribution is 2.27. The molecular formula is C15H20N2O3. The molecule has 0 atom stereocenters. The molecule has 2 rings (SSSR count). The van der Waals surface area contributed by atoms with Gasteiger partial charge in [0.05, 0.1) is 24.0 Å². The Morgan fingerprint density at radius 3 is 2.60 bits per heavy atom. The van der Waals surface area contributed by atoms with Crippen molar-refractivity contribution in [2.75, 3.05) is 18.2 Å². The van der Waals surface area contributed by atoms with Gasteiger partial charge in [-0.15, -0.1) is 0 Å². The number of hydrogen-bond donors (Lipinski definition) is 2. The van der Waals surface area contributed by atoms with Gasteiger partial charge in [0.1, 0.15) is 0 Å². The Balaban J connectivity index is 2.11. The highest BCUT2D eigenvalue weighted by Gasteiger charge is 2.22. The van der Waals surface area contributed by atoms with Gasteiger partial charge >= 0.3 is 5.97 Å². The van der Waals surface area contributed by atoms with Crippen LogP contribution < -0.4 is 11.1 Å². The SMILES string of the molecule is COC(=O)c1ccc(N)c(NC(=O)C2CCCCC2)c1. The monoisotopic (exact) mass is 276 g/mol. The van der Waals surface area contributed by atoms with Gasteiger partial charge in [0, 0.05) is 5.92 Å². The lowest BCUT2D eigenvalue weighted by molar-refractivity contribution is -0.120. The van der Waals surface area contributed by atoms with E-state index in [0.29, 0.717) is 16.9 Å². The van der Waals surface area contributed by atoms with Crippen molar-refractivity contribution in [3.63, 3.8) is 0 Å². The molecule has 1 aromatic rings. The number of hydrogen-bond acceptors (Lipinski definition) is 4. The molecule has 0 radical (unpaired) electrons. The first-order valence-corrected chi connectivity index (χ1v) is 6.90. The number of methoxy groups -OCH3 is 1. The normalized spacial score (nSPS) is 15.7. The number of nitrogens with two attached hydrogens (primary N) is 1. The second kappa shape index (κ2) is 6.41. The summed E-state index contributed by atoms with van der Waals surface area (Å²) < 4.78 is 4.66. The third-order valence-corrected chi connectivity index (χ3v) is 3.71. The summed E-state index contributed by atoms with van der Waals surface area (Å²) in [5.41, 5.74) is 7.14. The lowest BCUT2D eigenvalue weighted by Crippen LogP contribution is -2.25. The molecule has 1 aromatic carbocycles. The van der Waals surface area contributed by atoms with Crippen molar-refractivity contribution in [3.8, 4) is 0 Å². The number of esters is 1. The van der Waals surface area contributed by atoms with Gasteiger partial charge in [-0.05, 0) is 31.0 Å². The summed E-state index contributed by atoms with van der Waals surface area (Å²) in [6, 6.07) is 4.74. The summed E-state index contributed by atoms with van der Waals surface area (Å²) in [7, 11) is 1.32. The summed E-state index contributed by atoms with van der Waals surface area (Å²) in [5, 5.41) is 2.83. The van der Waals surface area contributed by atoms with Gasteiger partial charge in [-0.3, -0.25) is 4.79 Å². The third kappa shape index (κ3) is 3.29. The van der Waals surface area contributed by atoms with Crippen LogP contribution in [0.15, 0.2) is 18.2 Å². The van der Waals surface area contributed by atoms with Gasteiger partial charge in [0.2, 0.25) is 5.91 Å². The smallest absolute Gasteiger partial charge is 0.337 e. The Kier molecular flexibility index (Phi) is 4.61. The number of carbonyl (C=O) groups is 2. The molecule has 5 nitrogen and oxygen atoms in total. The van der Waals surface area contributed by atoms with Crippen molar-refractivity contribution in [3.05, 3.63) is 23.8 Å². The van der Waals surface area contributed by atoms with Crippen LogP contribution in [0.1, 0.15) is 42.5 Å². The van der Waals surface area contributed by atoms with Gasteiger partial charge in [-0.2, -0.15) is 0 Å². The molecule has 0 aromatic heterocycles. The predicted molar refractivity (Wildman–Crippen MR) is 77.4 cm³/mol. The lowest BCUT2D eigenvalue weighted by atomic mass is 9.88. The second-order valence-electron chi connectivity index (χ2n) is 5.12. The van der Waals surface area contributed by atoms with Gasteiger partial charge in [-0.25, -0.2) is 4.79 Å². The van der Waals surface area contributed by atoms with E-state index < -0.39 is 5.97 Å². The van der Waals surface area contributed by atoms with Crippen molar-refractivity contribution in [2.24, 2.45) is 5.92 Å². The van der Waals surface area contributed by atoms with E-state index in [0.717, 1.165) is 25.7 Å². The molecule has 0 spiro atoms. The first-order valence-electron chi connectivity index (χ1n) is 6.90. The molecule has 1 fully saturated rings. The highest BCUT2D eigenvalue weighted by molar-refractivity contribution is 5.98. The standard InChI is InChI=1S/C15H20N2O3/c1-20-15(19)11-7-8-12(16)13(9-11)17-14(18)10-5-3-2-4-6-10/h7-10H,2-6,16H2,1H3,(H,17,18). The molecule has 1 amide bonds. The third-order valence-electron chi connectivity index (χ3n) is 3.71. The van der Waals surface area contributed by atoms with E-state index >= 15 is 0 Å². The average molecular weight is 276 g/mol. The number of carbonyl (C=O) groups excluding carboxylic acids is 2. The largest absolute Gasteiger partial charge is 0.465 e. The lowest BCUT2D eigenvalue weighted by Gasteiger charge is -2.21. The fourth-order valence-corrected chi connectivity index (χ4v) is 2.51. The second-order valence-corrected chi connectivity index (χ2v) is 5.12. The summed E-state index contributed by atoms with van der Waals surface area (Å²) in [6.45, 7) is 0. The van der Waals surface area contributed by atoms with Gasteiger partial charge in [0.25, 0.3) is 0 Å². The highest BCUT2D eigenvalue weighted by atomic mass is 16.5. The van der Waals surface area contributed by atoms with Gasteiger partial charge in [-0.1, -0.05) is 19.3 Å². The minimum Gasteiger partial charge on any atom is -0.465 e. The minimum atomic E-state index is -0.446. The Morgan fingerprint density at radius 2 is 1.95 bits per heavy atom. The molecule has 1 saturated carbocycles. The first-order chi connectivity index (χ1) is 9.61. The molecular weight excluding hydrogens is 256 g/mol. The number of ether oxygens (including phenoxy) is 1. The van der Waals surface area contributed by atoms with Crippen LogP contribution in [0.5, 0.6) is 0 Å². The molecule has 1 aliphatic carbocycles. The molecule has 108 valence electrons. The molecule has 0 bridgehead atoms. The Bertz CT molecular complexity index is 508. The van der Waals surface area contributed by atoms with Crippen molar-refractivity contribution >= 4 is 23.3 Å². The zero-order valence-corrected chi connectivity index (χ0v) is 11.6. The van der Waals surface area contributed by atoms with Crippen molar-refractivity contribution in [1.29, 1.82) is 0 Å². The zero-order chi connectivity index (χ0) is 14.5. The summed E-state index contributed by atoms with van der Waals surface area (Å²) >= 11 is 0. The average Bonchev–Trinajstić information content (AvgIpc) is 2.49. The summed E-state index contributed by atoms with van der Waals surface area (Å²) in [5.74, 6) is -0.415. The fourth-order valence-electron chi connectivity index (χ4n) is 2.51. The quantitative estimate of drug-likeness (QED) is 0.656. The van der Waals surface area contributed by atoms with E-state index in [9.17, 15) is 9.59 Å². The van der Waals surface area contributed by atoms with Crippen LogP contribution in [-0.2, 0) is 9.53 Å². The molecule has 0 saturated heterocycles. The molecule has 5 heteroatoms. The van der Waals surface area contributed by atoms with E-state index in [-0.39, 0.29) is 11.8 Å². The van der Waals surface area contributed by atoms with Crippen molar-refractivity contribution in [2.45, 2.75) is 32.1 Å². The molecule has 0 heterocycles. The van der Waals surface area contributed by atoms with Crippen molar-refractivity contribution in [1.82, 2.24) is 0 Å². The van der Waals surface area contributed by atoms with Crippen LogP contribution in [0.2, 0.25) is 0 Å². The molecule has 20 heavy (non-hydrogen) atoms. The predicted octanol–water partition coefficient (Wildman–Crippen LogP) is 2.57. The fraction of sp³-hybridized carbons (Fsp3) is 0.467. The number of nitrogen functional groups attached to an aromatic ring is 1. The molecule has 1 aliphatic rings. The molecule has 0 unspecified atom stereocenters. The number of anilines is 2. The maximum Gasteiger partial charge on any atom is 0.337 e. The minimum absolute atomic E-state index is 0.0154. The van der Waals surface area contributed by atoms with Gasteiger partial charge < -0.3 is 15.8 Å². The molecule has 3 N–H and O–H groups in total. The number of benzene rings is 1. The Hall–Kier alpha value is -2.04. The maximum absolute atomic E-state index is 12.2. The number of rotatable bonds is 3. The summed E-state index contributed by atoms with van der Waals surface area (Å²) in [6.07, 6.45) is 5.22. The molecule has 0 aliphatic heterocycles. The van der Waals surface area contributed by atoms with Crippen LogP contribution in [-0.4, -0.2) is 19.0 Å². The van der Waals surface area contributed by atoms with E-state index in [1.54, 1.807) is 18.2 Å².